The monoisotopic (exact) mass is 469 g/mol. The third kappa shape index (κ3) is 4.32. The lowest BCUT2D eigenvalue weighted by Crippen LogP contribution is -2.35. The van der Waals surface area contributed by atoms with Crippen molar-refractivity contribution in [3.63, 3.8) is 0 Å². The molecular formula is C17H13Cl2N5O5S. The zero-order valence-electron chi connectivity index (χ0n) is 15.4. The zero-order valence-corrected chi connectivity index (χ0v) is 17.7. The third-order valence-electron chi connectivity index (χ3n) is 3.90. The van der Waals surface area contributed by atoms with Crippen molar-refractivity contribution >= 4 is 40.9 Å². The van der Waals surface area contributed by atoms with Crippen molar-refractivity contribution in [2.24, 2.45) is 0 Å². The summed E-state index contributed by atoms with van der Waals surface area (Å²) in [5, 5.41) is 19.7. The number of rotatable bonds is 5. The lowest BCUT2D eigenvalue weighted by molar-refractivity contribution is 0.0685. The van der Waals surface area contributed by atoms with Crippen molar-refractivity contribution in [2.75, 3.05) is 0 Å². The highest BCUT2D eigenvalue weighted by atomic mass is 35.5. The summed E-state index contributed by atoms with van der Waals surface area (Å²) in [6.07, 6.45) is 0. The second-order valence-corrected chi connectivity index (χ2v) is 8.16. The van der Waals surface area contributed by atoms with Crippen molar-refractivity contribution in [1.29, 1.82) is 0 Å². The summed E-state index contributed by atoms with van der Waals surface area (Å²) < 4.78 is 0.673. The molecule has 10 nitrogen and oxygen atoms in total. The summed E-state index contributed by atoms with van der Waals surface area (Å²) in [4.78, 5) is 48.9. The van der Waals surface area contributed by atoms with Crippen molar-refractivity contribution in [3.05, 3.63) is 70.7 Å². The van der Waals surface area contributed by atoms with E-state index in [1.54, 1.807) is 6.07 Å². The molecule has 2 heterocycles. The van der Waals surface area contributed by atoms with Crippen molar-refractivity contribution in [1.82, 2.24) is 25.0 Å². The minimum Gasteiger partial charge on any atom is -0.476 e. The highest BCUT2D eigenvalue weighted by molar-refractivity contribution is 7.99. The summed E-state index contributed by atoms with van der Waals surface area (Å²) in [6.45, 7) is 3.74. The highest BCUT2D eigenvalue weighted by Crippen LogP contribution is 2.39. The van der Waals surface area contributed by atoms with Crippen molar-refractivity contribution < 1.29 is 9.90 Å². The summed E-state index contributed by atoms with van der Waals surface area (Å²) in [6, 6.07) is 4.30. The van der Waals surface area contributed by atoms with Crippen LogP contribution in [-0.4, -0.2) is 36.0 Å². The second-order valence-electron chi connectivity index (χ2n) is 6.31. The highest BCUT2D eigenvalue weighted by Gasteiger charge is 2.18. The second kappa shape index (κ2) is 8.46. The normalized spacial score (nSPS) is 11.1. The fourth-order valence-corrected chi connectivity index (χ4v) is 3.97. The molecule has 2 aromatic heterocycles. The van der Waals surface area contributed by atoms with Crippen LogP contribution in [0.3, 0.4) is 0 Å². The molecular weight excluding hydrogens is 457 g/mol. The molecule has 0 aliphatic rings. The van der Waals surface area contributed by atoms with Gasteiger partial charge in [-0.3, -0.25) is 14.6 Å². The van der Waals surface area contributed by atoms with E-state index in [0.717, 1.165) is 11.8 Å². The van der Waals surface area contributed by atoms with Crippen LogP contribution in [0.25, 0.3) is 5.69 Å². The van der Waals surface area contributed by atoms with Crippen LogP contribution in [0.1, 0.15) is 35.8 Å². The first kappa shape index (κ1) is 21.8. The van der Waals surface area contributed by atoms with E-state index >= 15 is 0 Å². The van der Waals surface area contributed by atoms with Gasteiger partial charge in [0.1, 0.15) is 5.03 Å². The summed E-state index contributed by atoms with van der Waals surface area (Å²) in [5.74, 6) is -1.62. The summed E-state index contributed by atoms with van der Waals surface area (Å²) >= 11 is 13.7. The average molecular weight is 470 g/mol. The molecule has 0 fully saturated rings. The Balaban J connectivity index is 2.06. The number of carboxylic acids is 1. The standard InChI is InChI=1S/C17H13Cl2N5O5S/c1-6(2)8-5-11(21-22-14(8)25)30-13-9(18)3-7(4-10(13)19)24-17(29)20-15(26)12(23-24)16(27)28/h3-6H,1-2H3,(H,22,25)(H,27,28)(H,20,26,29). The number of carbonyl (C=O) groups is 1. The van der Waals surface area contributed by atoms with Crippen molar-refractivity contribution in [2.45, 2.75) is 29.7 Å². The molecule has 13 heteroatoms. The van der Waals surface area contributed by atoms with Crippen LogP contribution in [0.4, 0.5) is 0 Å². The number of nitrogens with zero attached hydrogens (tertiary/aromatic N) is 3. The fourth-order valence-electron chi connectivity index (χ4n) is 2.47. The molecule has 0 radical (unpaired) electrons. The van der Waals surface area contributed by atoms with Crippen LogP contribution in [0.2, 0.25) is 10.0 Å². The molecule has 1 aromatic carbocycles. The topological polar surface area (TPSA) is 151 Å². The maximum Gasteiger partial charge on any atom is 0.362 e. The largest absolute Gasteiger partial charge is 0.476 e. The molecule has 3 N–H and O–H groups in total. The maximum absolute atomic E-state index is 12.1. The number of aromatic nitrogens is 5. The molecule has 0 aliphatic carbocycles. The molecule has 3 aromatic rings. The molecule has 0 bridgehead atoms. The number of hydrogen-bond donors (Lipinski definition) is 3. The van der Waals surface area contributed by atoms with Crippen LogP contribution < -0.4 is 16.8 Å². The number of aromatic amines is 2. The number of aromatic carboxylic acids is 1. The van der Waals surface area contributed by atoms with E-state index in [2.05, 4.69) is 15.3 Å². The first-order chi connectivity index (χ1) is 14.1. The molecule has 3 rings (SSSR count). The van der Waals surface area contributed by atoms with E-state index in [1.807, 2.05) is 18.8 Å². The van der Waals surface area contributed by atoms with Gasteiger partial charge >= 0.3 is 11.7 Å². The molecule has 156 valence electrons. The van der Waals surface area contributed by atoms with Crippen LogP contribution in [0.15, 0.2) is 42.5 Å². The Labute approximate surface area is 181 Å². The molecule has 0 saturated heterocycles. The van der Waals surface area contributed by atoms with Gasteiger partial charge in [-0.1, -0.05) is 48.8 Å². The summed E-state index contributed by atoms with van der Waals surface area (Å²) in [5.41, 5.74) is -2.64. The SMILES string of the molecule is CC(C)c1cc(Sc2c(Cl)cc(-n3nc(C(=O)O)c(=O)[nH]c3=O)cc2Cl)n[nH]c1=O. The Hall–Kier alpha value is -2.89. The van der Waals surface area contributed by atoms with Gasteiger partial charge < -0.3 is 5.11 Å². The Morgan fingerprint density at radius 2 is 1.77 bits per heavy atom. The van der Waals surface area contributed by atoms with Gasteiger partial charge in [0, 0.05) is 5.56 Å². The predicted octanol–water partition coefficient (Wildman–Crippen LogP) is 2.28. The van der Waals surface area contributed by atoms with E-state index in [-0.39, 0.29) is 27.2 Å². The minimum absolute atomic E-state index is 0.0222. The molecule has 0 saturated carbocycles. The average Bonchev–Trinajstić information content (AvgIpc) is 2.65. The Kier molecular flexibility index (Phi) is 6.15. The lowest BCUT2D eigenvalue weighted by Gasteiger charge is -2.11. The van der Waals surface area contributed by atoms with Gasteiger partial charge in [0.05, 0.1) is 20.6 Å². The van der Waals surface area contributed by atoms with Crippen molar-refractivity contribution in [3.8, 4) is 5.69 Å². The van der Waals surface area contributed by atoms with E-state index in [9.17, 15) is 19.2 Å². The molecule has 0 atom stereocenters. The quantitative estimate of drug-likeness (QED) is 0.514. The van der Waals surface area contributed by atoms with Crippen LogP contribution in [-0.2, 0) is 0 Å². The van der Waals surface area contributed by atoms with E-state index in [1.165, 1.54) is 12.1 Å². The maximum atomic E-state index is 12.1. The van der Waals surface area contributed by atoms with Gasteiger partial charge in [-0.25, -0.2) is 14.7 Å². The van der Waals surface area contributed by atoms with Crippen LogP contribution in [0, 0.1) is 0 Å². The van der Waals surface area contributed by atoms with Gasteiger partial charge in [0.15, 0.2) is 0 Å². The Morgan fingerprint density at radius 1 is 1.13 bits per heavy atom. The zero-order chi connectivity index (χ0) is 22.2. The van der Waals surface area contributed by atoms with E-state index in [4.69, 9.17) is 28.3 Å². The lowest BCUT2D eigenvalue weighted by atomic mass is 10.1. The van der Waals surface area contributed by atoms with Gasteiger partial charge in [-0.15, -0.1) is 0 Å². The van der Waals surface area contributed by atoms with Crippen LogP contribution in [0.5, 0.6) is 0 Å². The van der Waals surface area contributed by atoms with E-state index < -0.39 is 22.9 Å². The smallest absolute Gasteiger partial charge is 0.362 e. The first-order valence-electron chi connectivity index (χ1n) is 8.32. The predicted molar refractivity (Wildman–Crippen MR) is 111 cm³/mol. The molecule has 0 amide bonds. The van der Waals surface area contributed by atoms with Gasteiger partial charge in [-0.2, -0.15) is 14.9 Å². The number of benzene rings is 1. The number of H-pyrrole nitrogens is 2. The van der Waals surface area contributed by atoms with Gasteiger partial charge in [0.25, 0.3) is 11.1 Å². The molecule has 0 unspecified atom stereocenters. The van der Waals surface area contributed by atoms with Crippen LogP contribution >= 0.6 is 35.0 Å². The Morgan fingerprint density at radius 3 is 2.33 bits per heavy atom. The molecule has 30 heavy (non-hydrogen) atoms. The van der Waals surface area contributed by atoms with Gasteiger partial charge in [-0.05, 0) is 24.1 Å². The first-order valence-corrected chi connectivity index (χ1v) is 9.89. The summed E-state index contributed by atoms with van der Waals surface area (Å²) in [7, 11) is 0. The van der Waals surface area contributed by atoms with Gasteiger partial charge in [0.2, 0.25) is 5.69 Å². The Bertz CT molecular complexity index is 1310. The fraction of sp³-hybridized carbons (Fsp3) is 0.176. The number of hydrogen-bond acceptors (Lipinski definition) is 7. The molecule has 0 aliphatic heterocycles. The van der Waals surface area contributed by atoms with E-state index in [0.29, 0.717) is 20.2 Å². The molecule has 0 spiro atoms. The number of halogens is 2. The number of nitrogens with one attached hydrogen (secondary N) is 2. The minimum atomic E-state index is -1.60. The number of carboxylic acid groups (broad SMARTS) is 1. The third-order valence-corrected chi connectivity index (χ3v) is 5.78.